The van der Waals surface area contributed by atoms with Crippen molar-refractivity contribution >= 4 is 5.97 Å². The molecule has 0 saturated carbocycles. The van der Waals surface area contributed by atoms with E-state index < -0.39 is 17.7 Å². The number of carboxylic acids is 1. The predicted molar refractivity (Wildman–Crippen MR) is 72.5 cm³/mol. The Labute approximate surface area is 110 Å². The highest BCUT2D eigenvalue weighted by atomic mass is 16.5. The van der Waals surface area contributed by atoms with E-state index in [9.17, 15) is 9.90 Å². The number of hydrogen-bond donors (Lipinski definition) is 1. The van der Waals surface area contributed by atoms with Crippen LogP contribution in [-0.4, -0.2) is 22.8 Å². The SMILES string of the molecule is CCCCCC(OC1(C)C=CC=CC1C)C(=O)O. The zero-order valence-electron chi connectivity index (χ0n) is 11.6. The summed E-state index contributed by atoms with van der Waals surface area (Å²) in [5.41, 5.74) is -0.510. The van der Waals surface area contributed by atoms with Crippen LogP contribution in [0.15, 0.2) is 24.3 Å². The van der Waals surface area contributed by atoms with Gasteiger partial charge in [0, 0.05) is 5.92 Å². The molecular weight excluding hydrogens is 228 g/mol. The second kappa shape index (κ2) is 6.74. The van der Waals surface area contributed by atoms with E-state index in [0.717, 1.165) is 19.3 Å². The van der Waals surface area contributed by atoms with Crippen molar-refractivity contribution < 1.29 is 14.6 Å². The molecule has 0 spiro atoms. The molecule has 0 aromatic carbocycles. The van der Waals surface area contributed by atoms with Crippen LogP contribution in [0.2, 0.25) is 0 Å². The molecule has 1 N–H and O–H groups in total. The molecule has 0 fully saturated rings. The van der Waals surface area contributed by atoms with E-state index in [1.807, 2.05) is 38.2 Å². The highest BCUT2D eigenvalue weighted by molar-refractivity contribution is 5.72. The Morgan fingerprint density at radius 3 is 2.72 bits per heavy atom. The summed E-state index contributed by atoms with van der Waals surface area (Å²) >= 11 is 0. The molecule has 0 aromatic heterocycles. The molecule has 0 aromatic rings. The first-order valence-corrected chi connectivity index (χ1v) is 6.76. The summed E-state index contributed by atoms with van der Waals surface area (Å²) in [6.07, 6.45) is 10.8. The van der Waals surface area contributed by atoms with E-state index in [2.05, 4.69) is 6.92 Å². The van der Waals surface area contributed by atoms with E-state index in [1.54, 1.807) is 0 Å². The Morgan fingerprint density at radius 2 is 2.17 bits per heavy atom. The topological polar surface area (TPSA) is 46.5 Å². The van der Waals surface area contributed by atoms with E-state index >= 15 is 0 Å². The maximum absolute atomic E-state index is 11.2. The Bertz CT molecular complexity index is 333. The van der Waals surface area contributed by atoms with Gasteiger partial charge in [0.2, 0.25) is 0 Å². The van der Waals surface area contributed by atoms with Crippen molar-refractivity contribution in [3.05, 3.63) is 24.3 Å². The first-order valence-electron chi connectivity index (χ1n) is 6.76. The number of carbonyl (C=O) groups is 1. The lowest BCUT2D eigenvalue weighted by Gasteiger charge is -2.35. The number of ether oxygens (including phenoxy) is 1. The summed E-state index contributed by atoms with van der Waals surface area (Å²) in [6, 6.07) is 0. The molecule has 3 nitrogen and oxygen atoms in total. The fraction of sp³-hybridized carbons (Fsp3) is 0.667. The molecule has 0 saturated heterocycles. The number of rotatable bonds is 7. The Balaban J connectivity index is 2.62. The Morgan fingerprint density at radius 1 is 1.44 bits per heavy atom. The van der Waals surface area contributed by atoms with Gasteiger partial charge in [0.05, 0.1) is 5.60 Å². The fourth-order valence-corrected chi connectivity index (χ4v) is 2.09. The standard InChI is InChI=1S/C15H24O3/c1-4-5-6-10-13(14(16)17)18-15(3)11-8-7-9-12(15)2/h7-9,11-13H,4-6,10H2,1-3H3,(H,16,17). The third-order valence-corrected chi connectivity index (χ3v) is 3.58. The van der Waals surface area contributed by atoms with Crippen LogP contribution in [0.25, 0.3) is 0 Å². The van der Waals surface area contributed by atoms with Crippen molar-refractivity contribution in [1.29, 1.82) is 0 Å². The van der Waals surface area contributed by atoms with Crippen molar-refractivity contribution in [2.75, 3.05) is 0 Å². The lowest BCUT2D eigenvalue weighted by atomic mass is 9.86. The van der Waals surface area contributed by atoms with Crippen molar-refractivity contribution in [1.82, 2.24) is 0 Å². The van der Waals surface area contributed by atoms with Crippen LogP contribution in [0.3, 0.4) is 0 Å². The van der Waals surface area contributed by atoms with Gasteiger partial charge < -0.3 is 9.84 Å². The third-order valence-electron chi connectivity index (χ3n) is 3.58. The summed E-state index contributed by atoms with van der Waals surface area (Å²) < 4.78 is 5.86. The Hall–Kier alpha value is -1.09. The normalized spacial score (nSPS) is 28.3. The number of carboxylic acid groups (broad SMARTS) is 1. The molecule has 1 aliphatic rings. The molecule has 0 bridgehead atoms. The lowest BCUT2D eigenvalue weighted by Crippen LogP contribution is -2.41. The number of hydrogen-bond acceptors (Lipinski definition) is 2. The summed E-state index contributed by atoms with van der Waals surface area (Å²) in [5.74, 6) is -0.669. The summed E-state index contributed by atoms with van der Waals surface area (Å²) in [5, 5.41) is 9.24. The van der Waals surface area contributed by atoms with Crippen molar-refractivity contribution in [2.24, 2.45) is 5.92 Å². The van der Waals surface area contributed by atoms with Crippen LogP contribution in [0.4, 0.5) is 0 Å². The second-order valence-corrected chi connectivity index (χ2v) is 5.16. The van der Waals surface area contributed by atoms with Gasteiger partial charge in [-0.05, 0) is 13.3 Å². The molecule has 3 atom stereocenters. The Kier molecular flexibility index (Phi) is 5.60. The van der Waals surface area contributed by atoms with Gasteiger partial charge in [0.15, 0.2) is 6.10 Å². The predicted octanol–water partition coefficient (Wildman–Crippen LogP) is 3.56. The van der Waals surface area contributed by atoms with Gasteiger partial charge in [-0.2, -0.15) is 0 Å². The maximum atomic E-state index is 11.2. The van der Waals surface area contributed by atoms with E-state index in [1.165, 1.54) is 0 Å². The van der Waals surface area contributed by atoms with Gasteiger partial charge in [0.1, 0.15) is 0 Å². The number of aliphatic carboxylic acids is 1. The van der Waals surface area contributed by atoms with Crippen LogP contribution in [0.5, 0.6) is 0 Å². The average Bonchev–Trinajstić information content (AvgIpc) is 2.32. The largest absolute Gasteiger partial charge is 0.479 e. The minimum atomic E-state index is -0.859. The van der Waals surface area contributed by atoms with Crippen LogP contribution >= 0.6 is 0 Å². The van der Waals surface area contributed by atoms with Gasteiger partial charge in [-0.1, -0.05) is 57.4 Å². The first-order chi connectivity index (χ1) is 8.49. The zero-order valence-corrected chi connectivity index (χ0v) is 11.6. The smallest absolute Gasteiger partial charge is 0.332 e. The number of allylic oxidation sites excluding steroid dienone is 2. The molecular formula is C15H24O3. The number of unbranched alkanes of at least 4 members (excludes halogenated alkanes) is 2. The monoisotopic (exact) mass is 252 g/mol. The molecule has 0 aliphatic heterocycles. The van der Waals surface area contributed by atoms with E-state index in [-0.39, 0.29) is 5.92 Å². The fourth-order valence-electron chi connectivity index (χ4n) is 2.09. The molecule has 0 heterocycles. The van der Waals surface area contributed by atoms with Gasteiger partial charge in [-0.3, -0.25) is 0 Å². The summed E-state index contributed by atoms with van der Waals surface area (Å²) in [4.78, 5) is 11.2. The molecule has 0 radical (unpaired) electrons. The third kappa shape index (κ3) is 3.98. The van der Waals surface area contributed by atoms with Gasteiger partial charge in [-0.25, -0.2) is 4.79 Å². The highest BCUT2D eigenvalue weighted by Gasteiger charge is 2.34. The van der Waals surface area contributed by atoms with E-state index in [0.29, 0.717) is 6.42 Å². The zero-order chi connectivity index (χ0) is 13.6. The van der Waals surface area contributed by atoms with Crippen LogP contribution in [-0.2, 0) is 9.53 Å². The van der Waals surface area contributed by atoms with E-state index in [4.69, 9.17) is 4.74 Å². The van der Waals surface area contributed by atoms with Crippen molar-refractivity contribution in [2.45, 2.75) is 58.2 Å². The first kappa shape index (κ1) is 15.0. The molecule has 1 aliphatic carbocycles. The van der Waals surface area contributed by atoms with Gasteiger partial charge >= 0.3 is 5.97 Å². The van der Waals surface area contributed by atoms with Crippen LogP contribution in [0, 0.1) is 5.92 Å². The average molecular weight is 252 g/mol. The minimum absolute atomic E-state index is 0.190. The quantitative estimate of drug-likeness (QED) is 0.705. The van der Waals surface area contributed by atoms with Crippen LogP contribution in [0.1, 0.15) is 46.5 Å². The van der Waals surface area contributed by atoms with Crippen molar-refractivity contribution in [3.8, 4) is 0 Å². The lowest BCUT2D eigenvalue weighted by molar-refractivity contribution is -0.162. The molecule has 1 rings (SSSR count). The molecule has 3 heteroatoms. The maximum Gasteiger partial charge on any atom is 0.332 e. The molecule has 0 amide bonds. The summed E-state index contributed by atoms with van der Waals surface area (Å²) in [6.45, 7) is 6.10. The minimum Gasteiger partial charge on any atom is -0.479 e. The summed E-state index contributed by atoms with van der Waals surface area (Å²) in [7, 11) is 0. The highest BCUT2D eigenvalue weighted by Crippen LogP contribution is 2.30. The molecule has 18 heavy (non-hydrogen) atoms. The van der Waals surface area contributed by atoms with Crippen molar-refractivity contribution in [3.63, 3.8) is 0 Å². The van der Waals surface area contributed by atoms with Gasteiger partial charge in [-0.15, -0.1) is 0 Å². The molecule has 3 unspecified atom stereocenters. The second-order valence-electron chi connectivity index (χ2n) is 5.16. The van der Waals surface area contributed by atoms with Gasteiger partial charge in [0.25, 0.3) is 0 Å². The molecule has 102 valence electrons. The van der Waals surface area contributed by atoms with Crippen LogP contribution < -0.4 is 0 Å².